The van der Waals surface area contributed by atoms with E-state index in [9.17, 15) is 9.59 Å². The van der Waals surface area contributed by atoms with E-state index >= 15 is 0 Å². The third kappa shape index (κ3) is 5.68. The second-order valence-electron chi connectivity index (χ2n) is 6.80. The van der Waals surface area contributed by atoms with Crippen molar-refractivity contribution in [3.8, 4) is 11.3 Å². The molecule has 154 valence electrons. The Hall–Kier alpha value is -3.16. The number of hydrogen-bond acceptors (Lipinski definition) is 4. The van der Waals surface area contributed by atoms with E-state index in [1.165, 1.54) is 0 Å². The third-order valence-electron chi connectivity index (χ3n) is 4.10. The van der Waals surface area contributed by atoms with Crippen LogP contribution in [0.5, 0.6) is 0 Å². The molecule has 0 aliphatic rings. The highest BCUT2D eigenvalue weighted by molar-refractivity contribution is 7.80. The maximum Gasteiger partial charge on any atom is 0.293 e. The van der Waals surface area contributed by atoms with Crippen molar-refractivity contribution in [3.63, 3.8) is 0 Å². The highest BCUT2D eigenvalue weighted by Crippen LogP contribution is 2.24. The summed E-state index contributed by atoms with van der Waals surface area (Å²) >= 11 is 11.1. The lowest BCUT2D eigenvalue weighted by molar-refractivity contribution is -0.118. The van der Waals surface area contributed by atoms with Crippen molar-refractivity contribution in [2.24, 2.45) is 5.92 Å². The van der Waals surface area contributed by atoms with Gasteiger partial charge >= 0.3 is 0 Å². The molecule has 0 saturated carbocycles. The quantitative estimate of drug-likeness (QED) is 0.466. The minimum absolute atomic E-state index is 0.0858. The van der Waals surface area contributed by atoms with E-state index in [-0.39, 0.29) is 22.7 Å². The summed E-state index contributed by atoms with van der Waals surface area (Å²) in [5.74, 6) is -0.0197. The Bertz CT molecular complexity index is 1080. The standard InChI is InChI=1S/C22H20ClN3O3S/c1-13(2)20(27)24-16-4-3-5-17(12-16)25-22(30)26-21(28)19-11-10-18(29-19)14-6-8-15(23)9-7-14/h3-13H,1-2H3,(H,24,27)(H2,25,26,28,30). The van der Waals surface area contributed by atoms with E-state index in [1.807, 2.05) is 13.8 Å². The first-order valence-corrected chi connectivity index (χ1v) is 9.99. The second-order valence-corrected chi connectivity index (χ2v) is 7.65. The molecule has 0 saturated heterocycles. The summed E-state index contributed by atoms with van der Waals surface area (Å²) in [5, 5.41) is 9.04. The molecule has 1 aromatic heterocycles. The molecule has 8 heteroatoms. The fraction of sp³-hybridized carbons (Fsp3) is 0.136. The van der Waals surface area contributed by atoms with Crippen LogP contribution in [-0.4, -0.2) is 16.9 Å². The molecule has 0 bridgehead atoms. The van der Waals surface area contributed by atoms with E-state index in [1.54, 1.807) is 60.7 Å². The lowest BCUT2D eigenvalue weighted by atomic mass is 10.2. The molecule has 2 aromatic carbocycles. The largest absolute Gasteiger partial charge is 0.451 e. The molecule has 3 aromatic rings. The summed E-state index contributed by atoms with van der Waals surface area (Å²) in [5.41, 5.74) is 2.06. The molecular formula is C22H20ClN3O3S. The topological polar surface area (TPSA) is 83.4 Å². The predicted molar refractivity (Wildman–Crippen MR) is 123 cm³/mol. The van der Waals surface area contributed by atoms with Crippen molar-refractivity contribution in [3.05, 3.63) is 71.4 Å². The monoisotopic (exact) mass is 441 g/mol. The van der Waals surface area contributed by atoms with Gasteiger partial charge in [0, 0.05) is 27.9 Å². The zero-order valence-corrected chi connectivity index (χ0v) is 17.9. The summed E-state index contributed by atoms with van der Waals surface area (Å²) in [6.45, 7) is 3.63. The molecule has 0 spiro atoms. The van der Waals surface area contributed by atoms with E-state index in [0.717, 1.165) is 5.56 Å². The van der Waals surface area contributed by atoms with Crippen LogP contribution in [-0.2, 0) is 4.79 Å². The maximum atomic E-state index is 12.4. The molecule has 0 atom stereocenters. The predicted octanol–water partition coefficient (Wildman–Crippen LogP) is 5.32. The first kappa shape index (κ1) is 21.5. The SMILES string of the molecule is CC(C)C(=O)Nc1cccc(NC(=S)NC(=O)c2ccc(-c3ccc(Cl)cc3)o2)c1. The minimum Gasteiger partial charge on any atom is -0.451 e. The van der Waals surface area contributed by atoms with E-state index in [0.29, 0.717) is 22.2 Å². The number of carbonyl (C=O) groups is 2. The van der Waals surface area contributed by atoms with E-state index < -0.39 is 5.91 Å². The average Bonchev–Trinajstić information content (AvgIpc) is 3.19. The summed E-state index contributed by atoms with van der Waals surface area (Å²) in [6.07, 6.45) is 0. The number of hydrogen-bond donors (Lipinski definition) is 3. The van der Waals surface area contributed by atoms with Gasteiger partial charge in [0.2, 0.25) is 5.91 Å². The van der Waals surface area contributed by atoms with Crippen molar-refractivity contribution in [1.82, 2.24) is 5.32 Å². The summed E-state index contributed by atoms with van der Waals surface area (Å²) < 4.78 is 5.62. The van der Waals surface area contributed by atoms with Crippen LogP contribution in [0.2, 0.25) is 5.02 Å². The Morgan fingerprint density at radius 2 is 1.63 bits per heavy atom. The van der Waals surface area contributed by atoms with Gasteiger partial charge in [-0.3, -0.25) is 14.9 Å². The summed E-state index contributed by atoms with van der Waals surface area (Å²) in [4.78, 5) is 24.3. The Labute approximate surface area is 184 Å². The van der Waals surface area contributed by atoms with Gasteiger partial charge in [-0.2, -0.15) is 0 Å². The van der Waals surface area contributed by atoms with Gasteiger partial charge in [0.25, 0.3) is 5.91 Å². The van der Waals surface area contributed by atoms with Crippen molar-refractivity contribution >= 4 is 52.1 Å². The van der Waals surface area contributed by atoms with Crippen LogP contribution in [0.1, 0.15) is 24.4 Å². The Morgan fingerprint density at radius 1 is 0.967 bits per heavy atom. The number of nitrogens with one attached hydrogen (secondary N) is 3. The molecule has 1 heterocycles. The Balaban J connectivity index is 1.61. The van der Waals surface area contributed by atoms with Crippen LogP contribution in [0.3, 0.4) is 0 Å². The molecule has 0 unspecified atom stereocenters. The lowest BCUT2D eigenvalue weighted by Crippen LogP contribution is -2.33. The number of furan rings is 1. The van der Waals surface area contributed by atoms with E-state index in [2.05, 4.69) is 16.0 Å². The van der Waals surface area contributed by atoms with Crippen LogP contribution in [0, 0.1) is 5.92 Å². The number of amides is 2. The molecule has 2 amide bonds. The van der Waals surface area contributed by atoms with Crippen LogP contribution in [0.4, 0.5) is 11.4 Å². The van der Waals surface area contributed by atoms with Gasteiger partial charge in [0.15, 0.2) is 10.9 Å². The number of rotatable bonds is 5. The fourth-order valence-corrected chi connectivity index (χ4v) is 2.85. The van der Waals surface area contributed by atoms with Gasteiger partial charge < -0.3 is 15.1 Å². The molecule has 0 aliphatic carbocycles. The van der Waals surface area contributed by atoms with Gasteiger partial charge in [-0.1, -0.05) is 31.5 Å². The lowest BCUT2D eigenvalue weighted by Gasteiger charge is -2.11. The average molecular weight is 442 g/mol. The third-order valence-corrected chi connectivity index (χ3v) is 4.55. The molecule has 30 heavy (non-hydrogen) atoms. The van der Waals surface area contributed by atoms with Gasteiger partial charge in [-0.25, -0.2) is 0 Å². The second kappa shape index (κ2) is 9.56. The summed E-state index contributed by atoms with van der Waals surface area (Å²) in [6, 6.07) is 17.4. The molecule has 0 radical (unpaired) electrons. The number of benzene rings is 2. The molecule has 0 aliphatic heterocycles. The Morgan fingerprint density at radius 3 is 2.30 bits per heavy atom. The highest BCUT2D eigenvalue weighted by atomic mass is 35.5. The van der Waals surface area contributed by atoms with Gasteiger partial charge in [-0.05, 0) is 66.8 Å². The first-order chi connectivity index (χ1) is 14.3. The zero-order chi connectivity index (χ0) is 21.7. The van der Waals surface area contributed by atoms with Gasteiger partial charge in [0.05, 0.1) is 0 Å². The number of thiocarbonyl (C=S) groups is 1. The van der Waals surface area contributed by atoms with Crippen LogP contribution in [0.15, 0.2) is 65.1 Å². The first-order valence-electron chi connectivity index (χ1n) is 9.21. The van der Waals surface area contributed by atoms with Crippen LogP contribution >= 0.6 is 23.8 Å². The van der Waals surface area contributed by atoms with Crippen LogP contribution in [0.25, 0.3) is 11.3 Å². The zero-order valence-electron chi connectivity index (χ0n) is 16.4. The number of anilines is 2. The smallest absolute Gasteiger partial charge is 0.293 e. The maximum absolute atomic E-state index is 12.4. The molecule has 3 N–H and O–H groups in total. The Kier molecular flexibility index (Phi) is 6.87. The molecule has 3 rings (SSSR count). The van der Waals surface area contributed by atoms with Crippen molar-refractivity contribution in [2.75, 3.05) is 10.6 Å². The normalized spacial score (nSPS) is 10.5. The highest BCUT2D eigenvalue weighted by Gasteiger charge is 2.14. The van der Waals surface area contributed by atoms with Gasteiger partial charge in [-0.15, -0.1) is 0 Å². The molecule has 6 nitrogen and oxygen atoms in total. The van der Waals surface area contributed by atoms with Crippen LogP contribution < -0.4 is 16.0 Å². The van der Waals surface area contributed by atoms with Crippen molar-refractivity contribution in [1.29, 1.82) is 0 Å². The van der Waals surface area contributed by atoms with Gasteiger partial charge in [0.1, 0.15) is 5.76 Å². The molecule has 0 fully saturated rings. The number of carbonyl (C=O) groups excluding carboxylic acids is 2. The van der Waals surface area contributed by atoms with Crippen molar-refractivity contribution in [2.45, 2.75) is 13.8 Å². The number of halogens is 1. The molecular weight excluding hydrogens is 422 g/mol. The summed E-state index contributed by atoms with van der Waals surface area (Å²) in [7, 11) is 0. The van der Waals surface area contributed by atoms with E-state index in [4.69, 9.17) is 28.2 Å². The minimum atomic E-state index is -0.475. The fourth-order valence-electron chi connectivity index (χ4n) is 2.52. The van der Waals surface area contributed by atoms with Crippen molar-refractivity contribution < 1.29 is 14.0 Å².